The van der Waals surface area contributed by atoms with E-state index in [9.17, 15) is 18.0 Å². The number of carbonyl (C=O) groups excluding carboxylic acids is 1. The highest BCUT2D eigenvalue weighted by Crippen LogP contribution is 2.28. The Bertz CT molecular complexity index is 656. The number of carbonyl (C=O) groups is 1. The number of aromatic nitrogens is 4. The molecule has 2 N–H and O–H groups in total. The van der Waals surface area contributed by atoms with E-state index in [1.165, 1.54) is 0 Å². The lowest BCUT2D eigenvalue weighted by molar-refractivity contribution is -0.141. The van der Waals surface area contributed by atoms with Gasteiger partial charge < -0.3 is 5.32 Å². The Morgan fingerprint density at radius 3 is 2.52 bits per heavy atom. The molecule has 0 radical (unpaired) electrons. The lowest BCUT2D eigenvalue weighted by Gasteiger charge is -2.02. The number of rotatable bonds is 3. The Morgan fingerprint density at radius 1 is 1.38 bits per heavy atom. The molecule has 0 saturated carbocycles. The number of amides is 1. The third kappa shape index (κ3) is 3.23. The van der Waals surface area contributed by atoms with Crippen LogP contribution in [-0.2, 0) is 13.2 Å². The molecule has 0 spiro atoms. The molecule has 2 heterocycles. The molecule has 9 heteroatoms. The van der Waals surface area contributed by atoms with E-state index in [0.29, 0.717) is 0 Å². The van der Waals surface area contributed by atoms with Crippen LogP contribution in [0.2, 0.25) is 0 Å². The second-order valence-electron chi connectivity index (χ2n) is 4.85. The summed E-state index contributed by atoms with van der Waals surface area (Å²) in [5, 5.41) is 11.5. The highest BCUT2D eigenvalue weighted by molar-refractivity contribution is 6.02. The van der Waals surface area contributed by atoms with Gasteiger partial charge in [-0.05, 0) is 12.0 Å². The summed E-state index contributed by atoms with van der Waals surface area (Å²) in [4.78, 5) is 11.9. The molecule has 0 bridgehead atoms. The summed E-state index contributed by atoms with van der Waals surface area (Å²) in [6, 6.07) is 2.32. The van der Waals surface area contributed by atoms with Crippen LogP contribution in [0.15, 0.2) is 12.1 Å². The van der Waals surface area contributed by atoms with Crippen LogP contribution in [0, 0.1) is 0 Å². The maximum absolute atomic E-state index is 12.4. The number of hydrogen-bond acceptors (Lipinski definition) is 3. The first-order valence-electron chi connectivity index (χ1n) is 6.16. The molecular weight excluding hydrogens is 287 g/mol. The molecule has 0 unspecified atom stereocenters. The van der Waals surface area contributed by atoms with Gasteiger partial charge in [0.2, 0.25) is 0 Å². The number of H-pyrrole nitrogens is 1. The number of halogens is 3. The summed E-state index contributed by atoms with van der Waals surface area (Å²) in [7, 11) is 1.70. The van der Waals surface area contributed by atoms with E-state index in [0.717, 1.165) is 11.8 Å². The number of anilines is 1. The number of aryl methyl sites for hydroxylation is 1. The van der Waals surface area contributed by atoms with Crippen molar-refractivity contribution >= 4 is 11.7 Å². The van der Waals surface area contributed by atoms with Crippen LogP contribution in [0.25, 0.3) is 0 Å². The Morgan fingerprint density at radius 2 is 2.05 bits per heavy atom. The molecule has 0 atom stereocenters. The van der Waals surface area contributed by atoms with Crippen LogP contribution in [0.3, 0.4) is 0 Å². The fourth-order valence-electron chi connectivity index (χ4n) is 1.84. The first-order valence-corrected chi connectivity index (χ1v) is 6.16. The van der Waals surface area contributed by atoms with Crippen LogP contribution in [0.5, 0.6) is 0 Å². The second-order valence-corrected chi connectivity index (χ2v) is 4.85. The van der Waals surface area contributed by atoms with Crippen LogP contribution in [0.4, 0.5) is 19.0 Å². The summed E-state index contributed by atoms with van der Waals surface area (Å²) < 4.78 is 38.8. The lowest BCUT2D eigenvalue weighted by Crippen LogP contribution is -2.13. The van der Waals surface area contributed by atoms with E-state index in [-0.39, 0.29) is 17.4 Å². The fourth-order valence-corrected chi connectivity index (χ4v) is 1.84. The van der Waals surface area contributed by atoms with E-state index >= 15 is 0 Å². The topological polar surface area (TPSA) is 75.6 Å². The second kappa shape index (κ2) is 5.23. The normalized spacial score (nSPS) is 12.0. The SMILES string of the molecule is CC(C)c1cc(C(=O)Nc2cc(C(F)(F)F)[nH]n2)nn1C. The van der Waals surface area contributed by atoms with Crippen molar-refractivity contribution in [2.75, 3.05) is 5.32 Å². The monoisotopic (exact) mass is 301 g/mol. The molecule has 0 aliphatic carbocycles. The summed E-state index contributed by atoms with van der Waals surface area (Å²) in [6.07, 6.45) is -4.54. The molecule has 21 heavy (non-hydrogen) atoms. The van der Waals surface area contributed by atoms with Gasteiger partial charge in [-0.2, -0.15) is 23.4 Å². The highest BCUT2D eigenvalue weighted by atomic mass is 19.4. The minimum absolute atomic E-state index is 0.123. The highest BCUT2D eigenvalue weighted by Gasteiger charge is 2.33. The maximum Gasteiger partial charge on any atom is 0.432 e. The lowest BCUT2D eigenvalue weighted by atomic mass is 10.1. The average molecular weight is 301 g/mol. The summed E-state index contributed by atoms with van der Waals surface area (Å²) in [6.45, 7) is 3.89. The molecule has 2 aromatic heterocycles. The van der Waals surface area contributed by atoms with Crippen molar-refractivity contribution in [3.05, 3.63) is 29.2 Å². The number of nitrogens with one attached hydrogen (secondary N) is 2. The Kier molecular flexibility index (Phi) is 3.75. The van der Waals surface area contributed by atoms with Crippen molar-refractivity contribution < 1.29 is 18.0 Å². The summed E-state index contributed by atoms with van der Waals surface area (Å²) in [5.74, 6) is -0.645. The van der Waals surface area contributed by atoms with E-state index in [1.807, 2.05) is 18.9 Å². The molecule has 0 aliphatic heterocycles. The number of nitrogens with zero attached hydrogens (tertiary/aromatic N) is 3. The number of alkyl halides is 3. The zero-order valence-corrected chi connectivity index (χ0v) is 11.6. The molecule has 0 aromatic carbocycles. The Hall–Kier alpha value is -2.32. The molecule has 2 aromatic rings. The smallest absolute Gasteiger partial charge is 0.304 e. The predicted octanol–water partition coefficient (Wildman–Crippen LogP) is 2.54. The van der Waals surface area contributed by atoms with Gasteiger partial charge in [-0.15, -0.1) is 0 Å². The van der Waals surface area contributed by atoms with Gasteiger partial charge in [0.25, 0.3) is 5.91 Å². The summed E-state index contributed by atoms with van der Waals surface area (Å²) >= 11 is 0. The Balaban J connectivity index is 2.15. The van der Waals surface area contributed by atoms with Crippen molar-refractivity contribution in [3.8, 4) is 0 Å². The first kappa shape index (κ1) is 15.1. The van der Waals surface area contributed by atoms with Gasteiger partial charge in [-0.3, -0.25) is 14.6 Å². The third-order valence-corrected chi connectivity index (χ3v) is 2.87. The van der Waals surface area contributed by atoms with Crippen LogP contribution >= 0.6 is 0 Å². The predicted molar refractivity (Wildman–Crippen MR) is 68.8 cm³/mol. The maximum atomic E-state index is 12.4. The van der Waals surface area contributed by atoms with Gasteiger partial charge in [-0.25, -0.2) is 0 Å². The van der Waals surface area contributed by atoms with E-state index in [2.05, 4.69) is 15.5 Å². The van der Waals surface area contributed by atoms with Crippen molar-refractivity contribution in [1.82, 2.24) is 20.0 Å². The molecule has 0 saturated heterocycles. The van der Waals surface area contributed by atoms with Crippen molar-refractivity contribution in [2.24, 2.45) is 7.05 Å². The molecular formula is C12H14F3N5O. The summed E-state index contributed by atoms with van der Waals surface area (Å²) in [5.41, 5.74) is -0.0578. The molecule has 114 valence electrons. The fraction of sp³-hybridized carbons (Fsp3) is 0.417. The van der Waals surface area contributed by atoms with Gasteiger partial charge in [0.15, 0.2) is 11.5 Å². The third-order valence-electron chi connectivity index (χ3n) is 2.87. The van der Waals surface area contributed by atoms with Gasteiger partial charge in [0.1, 0.15) is 5.69 Å². The standard InChI is InChI=1S/C12H14F3N5O/c1-6(2)8-4-7(19-20(8)3)11(21)16-10-5-9(17-18-10)12(13,14)15/h4-6H,1-3H3,(H2,16,17,18,21). The molecule has 6 nitrogen and oxygen atoms in total. The quantitative estimate of drug-likeness (QED) is 0.914. The largest absolute Gasteiger partial charge is 0.432 e. The molecule has 2 rings (SSSR count). The first-order chi connectivity index (χ1) is 9.68. The average Bonchev–Trinajstić information content (AvgIpc) is 2.94. The van der Waals surface area contributed by atoms with Gasteiger partial charge in [-0.1, -0.05) is 13.8 Å². The van der Waals surface area contributed by atoms with Crippen molar-refractivity contribution in [1.29, 1.82) is 0 Å². The van der Waals surface area contributed by atoms with Crippen molar-refractivity contribution in [2.45, 2.75) is 25.9 Å². The van der Waals surface area contributed by atoms with E-state index in [4.69, 9.17) is 0 Å². The number of hydrogen-bond donors (Lipinski definition) is 2. The van der Waals surface area contributed by atoms with Crippen LogP contribution < -0.4 is 5.32 Å². The van der Waals surface area contributed by atoms with E-state index < -0.39 is 17.8 Å². The van der Waals surface area contributed by atoms with E-state index in [1.54, 1.807) is 17.8 Å². The number of aromatic amines is 1. The van der Waals surface area contributed by atoms with Crippen LogP contribution in [0.1, 0.15) is 41.6 Å². The molecule has 0 fully saturated rings. The Labute approximate surface area is 118 Å². The molecule has 0 aliphatic rings. The van der Waals surface area contributed by atoms with Crippen LogP contribution in [-0.4, -0.2) is 25.9 Å². The minimum Gasteiger partial charge on any atom is -0.304 e. The van der Waals surface area contributed by atoms with Crippen molar-refractivity contribution in [3.63, 3.8) is 0 Å². The van der Waals surface area contributed by atoms with Gasteiger partial charge >= 0.3 is 6.18 Å². The minimum atomic E-state index is -4.54. The van der Waals surface area contributed by atoms with Gasteiger partial charge in [0, 0.05) is 18.8 Å². The van der Waals surface area contributed by atoms with Gasteiger partial charge in [0.05, 0.1) is 0 Å². The zero-order valence-electron chi connectivity index (χ0n) is 11.6. The zero-order chi connectivity index (χ0) is 15.8. The molecule has 1 amide bonds.